The summed E-state index contributed by atoms with van der Waals surface area (Å²) < 4.78 is 4.98. The number of nitrogens with zero attached hydrogens (tertiary/aromatic N) is 4. The van der Waals surface area contributed by atoms with E-state index in [2.05, 4.69) is 30.0 Å². The molecule has 2 fully saturated rings. The van der Waals surface area contributed by atoms with Crippen molar-refractivity contribution in [3.05, 3.63) is 29.8 Å². The van der Waals surface area contributed by atoms with Crippen LogP contribution in [0.5, 0.6) is 0 Å². The number of anilines is 1. The molecule has 0 aromatic heterocycles. The Labute approximate surface area is 165 Å². The molecule has 28 heavy (non-hydrogen) atoms. The molecule has 0 unspecified atom stereocenters. The maximum absolute atomic E-state index is 12.6. The van der Waals surface area contributed by atoms with Crippen LogP contribution in [-0.4, -0.2) is 91.6 Å². The van der Waals surface area contributed by atoms with Gasteiger partial charge in [0.2, 0.25) is 0 Å². The lowest BCUT2D eigenvalue weighted by Crippen LogP contribution is -2.57. The number of carbonyl (C=O) groups is 3. The predicted molar refractivity (Wildman–Crippen MR) is 105 cm³/mol. The van der Waals surface area contributed by atoms with Crippen LogP contribution in [0.15, 0.2) is 24.3 Å². The van der Waals surface area contributed by atoms with Crippen molar-refractivity contribution in [2.24, 2.45) is 0 Å². The normalized spacial score (nSPS) is 17.5. The summed E-state index contributed by atoms with van der Waals surface area (Å²) in [7, 11) is 0. The van der Waals surface area contributed by atoms with Gasteiger partial charge in [0.25, 0.3) is 0 Å². The molecular weight excluding hydrogens is 360 g/mol. The van der Waals surface area contributed by atoms with Crippen molar-refractivity contribution in [1.82, 2.24) is 14.7 Å². The zero-order chi connectivity index (χ0) is 20.1. The number of carbonyl (C=O) groups excluding carboxylic acids is 3. The second kappa shape index (κ2) is 8.95. The van der Waals surface area contributed by atoms with E-state index in [1.807, 2.05) is 6.07 Å². The predicted octanol–water partition coefficient (Wildman–Crippen LogP) is 0.944. The van der Waals surface area contributed by atoms with Crippen molar-refractivity contribution in [2.75, 3.05) is 63.9 Å². The second-order valence-electron chi connectivity index (χ2n) is 7.10. The highest BCUT2D eigenvalue weighted by atomic mass is 16.6. The third kappa shape index (κ3) is 4.55. The molecule has 3 amide bonds. The number of benzene rings is 1. The zero-order valence-electron chi connectivity index (χ0n) is 16.6. The molecule has 1 aromatic carbocycles. The van der Waals surface area contributed by atoms with Crippen molar-refractivity contribution >= 4 is 23.6 Å². The van der Waals surface area contributed by atoms with E-state index >= 15 is 0 Å². The summed E-state index contributed by atoms with van der Waals surface area (Å²) in [4.78, 5) is 43.9. The summed E-state index contributed by atoms with van der Waals surface area (Å²) in [6, 6.07) is 8.29. The quantitative estimate of drug-likeness (QED) is 0.705. The number of ether oxygens (including phenoxy) is 1. The van der Waals surface area contributed by atoms with Crippen molar-refractivity contribution in [3.63, 3.8) is 0 Å². The van der Waals surface area contributed by atoms with Gasteiger partial charge in [0, 0.05) is 58.0 Å². The molecule has 2 aliphatic rings. The van der Waals surface area contributed by atoms with E-state index in [0.29, 0.717) is 59.0 Å². The van der Waals surface area contributed by atoms with Gasteiger partial charge in [0.05, 0.1) is 6.61 Å². The topological polar surface area (TPSA) is 73.4 Å². The number of amides is 3. The Balaban J connectivity index is 1.49. The number of piperazine rings is 2. The number of hydrogen-bond donors (Lipinski definition) is 0. The van der Waals surface area contributed by atoms with E-state index < -0.39 is 11.8 Å². The van der Waals surface area contributed by atoms with Crippen molar-refractivity contribution in [3.8, 4) is 0 Å². The third-order valence-corrected chi connectivity index (χ3v) is 5.21. The van der Waals surface area contributed by atoms with Crippen LogP contribution in [0.2, 0.25) is 0 Å². The minimum absolute atomic E-state index is 0.324. The SMILES string of the molecule is CCOC(=O)N1CCN(C(=O)C(=O)N2CCN(c3cccc(C)c3)CC2)CC1. The number of rotatable bonds is 2. The summed E-state index contributed by atoms with van der Waals surface area (Å²) in [6.45, 7) is 8.10. The Hall–Kier alpha value is -2.77. The molecule has 0 N–H and O–H groups in total. The van der Waals surface area contributed by atoms with Crippen molar-refractivity contribution < 1.29 is 19.1 Å². The van der Waals surface area contributed by atoms with Crippen LogP contribution < -0.4 is 4.90 Å². The molecule has 1 aromatic rings. The molecule has 2 heterocycles. The fourth-order valence-electron chi connectivity index (χ4n) is 3.57. The summed E-state index contributed by atoms with van der Waals surface area (Å²) in [5, 5.41) is 0. The number of aryl methyl sites for hydroxylation is 1. The van der Waals surface area contributed by atoms with Gasteiger partial charge in [-0.25, -0.2) is 4.79 Å². The largest absolute Gasteiger partial charge is 0.450 e. The Morgan fingerprint density at radius 1 is 0.857 bits per heavy atom. The molecule has 2 aliphatic heterocycles. The minimum Gasteiger partial charge on any atom is -0.450 e. The monoisotopic (exact) mass is 388 g/mol. The van der Waals surface area contributed by atoms with Gasteiger partial charge in [0.15, 0.2) is 0 Å². The van der Waals surface area contributed by atoms with Crippen LogP contribution in [0.3, 0.4) is 0 Å². The molecule has 0 atom stereocenters. The highest BCUT2D eigenvalue weighted by Crippen LogP contribution is 2.18. The lowest BCUT2D eigenvalue weighted by Gasteiger charge is -2.38. The maximum atomic E-state index is 12.6. The molecule has 0 radical (unpaired) electrons. The van der Waals surface area contributed by atoms with Crippen LogP contribution in [-0.2, 0) is 14.3 Å². The van der Waals surface area contributed by atoms with Crippen LogP contribution in [0.4, 0.5) is 10.5 Å². The van der Waals surface area contributed by atoms with Gasteiger partial charge in [-0.15, -0.1) is 0 Å². The molecule has 2 saturated heterocycles. The molecule has 0 saturated carbocycles. The van der Waals surface area contributed by atoms with E-state index in [-0.39, 0.29) is 6.09 Å². The van der Waals surface area contributed by atoms with Crippen LogP contribution in [0.1, 0.15) is 12.5 Å². The Kier molecular flexibility index (Phi) is 6.38. The molecule has 0 spiro atoms. The first kappa shape index (κ1) is 20.0. The van der Waals surface area contributed by atoms with Gasteiger partial charge >= 0.3 is 17.9 Å². The van der Waals surface area contributed by atoms with Gasteiger partial charge in [0.1, 0.15) is 0 Å². The summed E-state index contributed by atoms with van der Waals surface area (Å²) >= 11 is 0. The Morgan fingerprint density at radius 2 is 1.39 bits per heavy atom. The molecule has 0 aliphatic carbocycles. The molecule has 3 rings (SSSR count). The molecule has 8 nitrogen and oxygen atoms in total. The van der Waals surface area contributed by atoms with E-state index in [1.165, 1.54) is 10.5 Å². The molecule has 152 valence electrons. The van der Waals surface area contributed by atoms with E-state index in [1.54, 1.807) is 16.7 Å². The summed E-state index contributed by atoms with van der Waals surface area (Å²) in [6.07, 6.45) is -0.367. The fourth-order valence-corrected chi connectivity index (χ4v) is 3.57. The smallest absolute Gasteiger partial charge is 0.409 e. The first-order valence-electron chi connectivity index (χ1n) is 9.81. The summed E-state index contributed by atoms with van der Waals surface area (Å²) in [5.74, 6) is -0.930. The third-order valence-electron chi connectivity index (χ3n) is 5.21. The highest BCUT2D eigenvalue weighted by Gasteiger charge is 2.32. The maximum Gasteiger partial charge on any atom is 0.409 e. The Bertz CT molecular complexity index is 723. The molecular formula is C20H28N4O4. The van der Waals surface area contributed by atoms with Gasteiger partial charge in [-0.3, -0.25) is 9.59 Å². The first-order chi connectivity index (χ1) is 13.5. The lowest BCUT2D eigenvalue weighted by atomic mass is 10.2. The van der Waals surface area contributed by atoms with E-state index in [0.717, 1.165) is 5.69 Å². The van der Waals surface area contributed by atoms with Crippen molar-refractivity contribution in [1.29, 1.82) is 0 Å². The standard InChI is InChI=1S/C20H28N4O4/c1-3-28-20(27)24-13-11-23(12-14-24)19(26)18(25)22-9-7-21(8-10-22)17-6-4-5-16(2)15-17/h4-6,15H,3,7-14H2,1-2H3. The molecule has 8 heteroatoms. The van der Waals surface area contributed by atoms with Gasteiger partial charge in [-0.2, -0.15) is 0 Å². The highest BCUT2D eigenvalue weighted by molar-refractivity contribution is 6.35. The van der Waals surface area contributed by atoms with Crippen molar-refractivity contribution in [2.45, 2.75) is 13.8 Å². The van der Waals surface area contributed by atoms with Gasteiger partial charge in [-0.1, -0.05) is 12.1 Å². The lowest BCUT2D eigenvalue weighted by molar-refractivity contribution is -0.152. The second-order valence-corrected chi connectivity index (χ2v) is 7.10. The Morgan fingerprint density at radius 3 is 1.93 bits per heavy atom. The average Bonchev–Trinajstić information content (AvgIpc) is 2.73. The van der Waals surface area contributed by atoms with Gasteiger partial charge in [-0.05, 0) is 31.5 Å². The van der Waals surface area contributed by atoms with E-state index in [4.69, 9.17) is 4.74 Å². The molecule has 0 bridgehead atoms. The number of hydrogen-bond acceptors (Lipinski definition) is 5. The first-order valence-corrected chi connectivity index (χ1v) is 9.81. The van der Waals surface area contributed by atoms with Crippen LogP contribution in [0, 0.1) is 6.92 Å². The van der Waals surface area contributed by atoms with E-state index in [9.17, 15) is 14.4 Å². The fraction of sp³-hybridized carbons (Fsp3) is 0.550. The van der Waals surface area contributed by atoms with Crippen LogP contribution in [0.25, 0.3) is 0 Å². The average molecular weight is 388 g/mol. The zero-order valence-corrected chi connectivity index (χ0v) is 16.6. The van der Waals surface area contributed by atoms with Crippen LogP contribution >= 0.6 is 0 Å². The van der Waals surface area contributed by atoms with Gasteiger partial charge < -0.3 is 24.3 Å². The summed E-state index contributed by atoms with van der Waals surface area (Å²) in [5.41, 5.74) is 2.35. The minimum atomic E-state index is -0.479.